The van der Waals surface area contributed by atoms with Crippen molar-refractivity contribution in [3.05, 3.63) is 23.0 Å². The predicted octanol–water partition coefficient (Wildman–Crippen LogP) is 1.51. The molecule has 0 aromatic carbocycles. The maximum absolute atomic E-state index is 11.2. The molecule has 0 saturated heterocycles. The van der Waals surface area contributed by atoms with Crippen LogP contribution in [0.25, 0.3) is 0 Å². The molecule has 1 rings (SSSR count). The summed E-state index contributed by atoms with van der Waals surface area (Å²) in [5, 5.41) is 9.62. The van der Waals surface area contributed by atoms with E-state index in [2.05, 4.69) is 4.98 Å². The topological polar surface area (TPSA) is 59.4 Å². The number of aromatic hydroxyl groups is 1. The number of hydrogen-bond donors (Lipinski definition) is 1. The van der Waals surface area contributed by atoms with Crippen LogP contribution in [0.2, 0.25) is 0 Å². The highest BCUT2D eigenvalue weighted by Gasteiger charge is 2.11. The van der Waals surface area contributed by atoms with Crippen molar-refractivity contribution in [2.45, 2.75) is 27.2 Å². The van der Waals surface area contributed by atoms with E-state index in [0.717, 1.165) is 0 Å². The summed E-state index contributed by atoms with van der Waals surface area (Å²) < 4.78 is 4.82. The first-order chi connectivity index (χ1) is 7.06. The first-order valence-corrected chi connectivity index (χ1v) is 4.86. The molecule has 1 N–H and O–H groups in total. The van der Waals surface area contributed by atoms with Gasteiger partial charge in [-0.2, -0.15) is 0 Å². The van der Waals surface area contributed by atoms with Gasteiger partial charge in [0, 0.05) is 6.20 Å². The number of nitrogens with zero attached hydrogens (tertiary/aromatic N) is 1. The van der Waals surface area contributed by atoms with Crippen molar-refractivity contribution in [2.75, 3.05) is 6.61 Å². The summed E-state index contributed by atoms with van der Waals surface area (Å²) in [7, 11) is 0. The Morgan fingerprint density at radius 3 is 2.80 bits per heavy atom. The normalized spacial score (nSPS) is 10.1. The molecule has 4 heteroatoms. The molecule has 0 amide bonds. The van der Waals surface area contributed by atoms with Crippen LogP contribution < -0.4 is 0 Å². The fourth-order valence-electron chi connectivity index (χ4n) is 1.30. The van der Waals surface area contributed by atoms with Gasteiger partial charge >= 0.3 is 5.97 Å². The summed E-state index contributed by atoms with van der Waals surface area (Å²) >= 11 is 0. The van der Waals surface area contributed by atoms with Gasteiger partial charge in [-0.05, 0) is 31.9 Å². The molecular weight excluding hydrogens is 194 g/mol. The average molecular weight is 209 g/mol. The molecule has 0 aliphatic rings. The molecule has 0 fully saturated rings. The predicted molar refractivity (Wildman–Crippen MR) is 55.7 cm³/mol. The van der Waals surface area contributed by atoms with Crippen molar-refractivity contribution in [2.24, 2.45) is 0 Å². The second-order valence-corrected chi connectivity index (χ2v) is 3.32. The third kappa shape index (κ3) is 2.68. The zero-order chi connectivity index (χ0) is 11.4. The minimum absolute atomic E-state index is 0.150. The number of esters is 1. The molecule has 4 nitrogen and oxygen atoms in total. The molecule has 0 atom stereocenters. The first kappa shape index (κ1) is 11.5. The lowest BCUT2D eigenvalue weighted by Gasteiger charge is -2.08. The van der Waals surface area contributed by atoms with Gasteiger partial charge in [0.05, 0.1) is 18.7 Å². The number of carbonyl (C=O) groups is 1. The third-order valence-electron chi connectivity index (χ3n) is 2.23. The lowest BCUT2D eigenvalue weighted by molar-refractivity contribution is -0.142. The van der Waals surface area contributed by atoms with Crippen LogP contribution in [-0.2, 0) is 16.0 Å². The highest BCUT2D eigenvalue weighted by atomic mass is 16.5. The van der Waals surface area contributed by atoms with E-state index in [1.807, 2.05) is 0 Å². The molecule has 0 saturated carbocycles. The van der Waals surface area contributed by atoms with Gasteiger partial charge in [-0.1, -0.05) is 0 Å². The summed E-state index contributed by atoms with van der Waals surface area (Å²) in [5.41, 5.74) is 1.97. The Labute approximate surface area is 88.9 Å². The summed E-state index contributed by atoms with van der Waals surface area (Å²) in [6.45, 7) is 5.60. The zero-order valence-electron chi connectivity index (χ0n) is 9.20. The molecule has 0 radical (unpaired) electrons. The van der Waals surface area contributed by atoms with Gasteiger partial charge in [-0.3, -0.25) is 9.78 Å². The second-order valence-electron chi connectivity index (χ2n) is 3.32. The minimum Gasteiger partial charge on any atom is -0.506 e. The van der Waals surface area contributed by atoms with Crippen LogP contribution in [0, 0.1) is 13.8 Å². The van der Waals surface area contributed by atoms with Crippen molar-refractivity contribution in [1.82, 2.24) is 4.98 Å². The molecule has 0 spiro atoms. The molecule has 82 valence electrons. The van der Waals surface area contributed by atoms with E-state index in [1.165, 1.54) is 0 Å². The number of rotatable bonds is 3. The van der Waals surface area contributed by atoms with Crippen LogP contribution in [0.5, 0.6) is 5.75 Å². The van der Waals surface area contributed by atoms with Crippen molar-refractivity contribution in [3.8, 4) is 5.75 Å². The van der Waals surface area contributed by atoms with Crippen LogP contribution in [0.15, 0.2) is 6.20 Å². The first-order valence-electron chi connectivity index (χ1n) is 4.86. The molecule has 0 bridgehead atoms. The summed E-state index contributed by atoms with van der Waals surface area (Å²) in [5.74, 6) is -0.151. The Balaban J connectivity index is 2.87. The summed E-state index contributed by atoms with van der Waals surface area (Å²) in [4.78, 5) is 15.2. The number of hydrogen-bond acceptors (Lipinski definition) is 4. The number of aryl methyl sites for hydroxylation is 1. The quantitative estimate of drug-likeness (QED) is 0.766. The molecule has 0 aliphatic carbocycles. The van der Waals surface area contributed by atoms with Crippen molar-refractivity contribution < 1.29 is 14.6 Å². The van der Waals surface area contributed by atoms with E-state index in [0.29, 0.717) is 23.4 Å². The Bertz CT molecular complexity index is 374. The van der Waals surface area contributed by atoms with E-state index in [1.54, 1.807) is 27.0 Å². The minimum atomic E-state index is -0.300. The maximum atomic E-state index is 11.2. The van der Waals surface area contributed by atoms with Crippen molar-refractivity contribution in [3.63, 3.8) is 0 Å². The van der Waals surface area contributed by atoms with Gasteiger partial charge < -0.3 is 9.84 Å². The van der Waals surface area contributed by atoms with E-state index in [-0.39, 0.29) is 18.1 Å². The molecular formula is C11H15NO3. The largest absolute Gasteiger partial charge is 0.506 e. The second kappa shape index (κ2) is 4.77. The fraction of sp³-hybridized carbons (Fsp3) is 0.455. The van der Waals surface area contributed by atoms with Crippen LogP contribution in [-0.4, -0.2) is 22.7 Å². The monoisotopic (exact) mass is 209 g/mol. The van der Waals surface area contributed by atoms with Crippen LogP contribution >= 0.6 is 0 Å². The summed E-state index contributed by atoms with van der Waals surface area (Å²) in [6, 6.07) is 0. The molecule has 0 unspecified atom stereocenters. The smallest absolute Gasteiger partial charge is 0.310 e. The van der Waals surface area contributed by atoms with Crippen LogP contribution in [0.4, 0.5) is 0 Å². The fourth-order valence-corrected chi connectivity index (χ4v) is 1.30. The van der Waals surface area contributed by atoms with Crippen molar-refractivity contribution >= 4 is 5.97 Å². The Morgan fingerprint density at radius 1 is 1.53 bits per heavy atom. The molecule has 1 aromatic rings. The third-order valence-corrected chi connectivity index (χ3v) is 2.23. The lowest BCUT2D eigenvalue weighted by atomic mass is 10.1. The number of pyridine rings is 1. The highest BCUT2D eigenvalue weighted by Crippen LogP contribution is 2.22. The molecule has 15 heavy (non-hydrogen) atoms. The number of carbonyl (C=O) groups excluding carboxylic acids is 1. The van der Waals surface area contributed by atoms with Gasteiger partial charge in [0.15, 0.2) is 0 Å². The van der Waals surface area contributed by atoms with Gasteiger partial charge in [-0.25, -0.2) is 0 Å². The standard InChI is InChI=1S/C11H15NO3/c1-4-15-10(13)5-9-6-12-8(3)11(14)7(9)2/h6,14H,4-5H2,1-3H3. The summed E-state index contributed by atoms with van der Waals surface area (Å²) in [6.07, 6.45) is 1.75. The zero-order valence-corrected chi connectivity index (χ0v) is 9.20. The number of ether oxygens (including phenoxy) is 1. The Kier molecular flexibility index (Phi) is 3.66. The van der Waals surface area contributed by atoms with E-state index in [9.17, 15) is 9.90 Å². The maximum Gasteiger partial charge on any atom is 0.310 e. The Hall–Kier alpha value is -1.58. The van der Waals surface area contributed by atoms with Gasteiger partial charge in [0.1, 0.15) is 5.75 Å². The van der Waals surface area contributed by atoms with Crippen LogP contribution in [0.1, 0.15) is 23.7 Å². The van der Waals surface area contributed by atoms with E-state index < -0.39 is 0 Å². The van der Waals surface area contributed by atoms with Gasteiger partial charge in [0.2, 0.25) is 0 Å². The van der Waals surface area contributed by atoms with E-state index >= 15 is 0 Å². The number of aromatic nitrogens is 1. The molecule has 0 aliphatic heterocycles. The van der Waals surface area contributed by atoms with Crippen molar-refractivity contribution in [1.29, 1.82) is 0 Å². The lowest BCUT2D eigenvalue weighted by Crippen LogP contribution is -2.09. The molecule has 1 aromatic heterocycles. The van der Waals surface area contributed by atoms with Gasteiger partial charge in [0.25, 0.3) is 0 Å². The van der Waals surface area contributed by atoms with Crippen LogP contribution in [0.3, 0.4) is 0 Å². The van der Waals surface area contributed by atoms with E-state index in [4.69, 9.17) is 4.74 Å². The Morgan fingerprint density at radius 2 is 2.20 bits per heavy atom. The molecule has 1 heterocycles. The highest BCUT2D eigenvalue weighted by molar-refractivity contribution is 5.73. The van der Waals surface area contributed by atoms with Gasteiger partial charge in [-0.15, -0.1) is 0 Å². The average Bonchev–Trinajstić information content (AvgIpc) is 2.20. The SMILES string of the molecule is CCOC(=O)Cc1cnc(C)c(O)c1C.